The predicted molar refractivity (Wildman–Crippen MR) is 71.9 cm³/mol. The van der Waals surface area contributed by atoms with Crippen LogP contribution in [0.1, 0.15) is 19.5 Å². The third-order valence-electron chi connectivity index (χ3n) is 2.88. The van der Waals surface area contributed by atoms with E-state index in [1.165, 1.54) is 6.07 Å². The van der Waals surface area contributed by atoms with E-state index in [4.69, 9.17) is 0 Å². The SMILES string of the molecule is CCN(CC)CCNc1ccc([N+](=O)[O-])c(C)n1. The average Bonchev–Trinajstić information content (AvgIpc) is 2.34. The van der Waals surface area contributed by atoms with Crippen molar-refractivity contribution < 1.29 is 4.92 Å². The minimum atomic E-state index is -0.415. The Labute approximate surface area is 107 Å². The van der Waals surface area contributed by atoms with Crippen LogP contribution in [0.3, 0.4) is 0 Å². The summed E-state index contributed by atoms with van der Waals surface area (Å²) in [5.41, 5.74) is 0.497. The zero-order valence-corrected chi connectivity index (χ0v) is 11.1. The summed E-state index contributed by atoms with van der Waals surface area (Å²) in [4.78, 5) is 16.7. The van der Waals surface area contributed by atoms with E-state index in [2.05, 4.69) is 29.0 Å². The van der Waals surface area contributed by atoms with Gasteiger partial charge in [-0.25, -0.2) is 4.98 Å². The molecule has 1 rings (SSSR count). The summed E-state index contributed by atoms with van der Waals surface area (Å²) in [6.45, 7) is 9.65. The van der Waals surface area contributed by atoms with Gasteiger partial charge in [-0.15, -0.1) is 0 Å². The second-order valence-corrected chi connectivity index (χ2v) is 4.01. The van der Waals surface area contributed by atoms with E-state index in [1.54, 1.807) is 13.0 Å². The molecule has 1 heterocycles. The van der Waals surface area contributed by atoms with E-state index >= 15 is 0 Å². The van der Waals surface area contributed by atoms with Crippen molar-refractivity contribution in [1.29, 1.82) is 0 Å². The lowest BCUT2D eigenvalue weighted by atomic mass is 10.3. The summed E-state index contributed by atoms with van der Waals surface area (Å²) in [6, 6.07) is 3.13. The molecule has 0 aromatic carbocycles. The smallest absolute Gasteiger partial charge is 0.290 e. The molecule has 18 heavy (non-hydrogen) atoms. The second kappa shape index (κ2) is 6.90. The van der Waals surface area contributed by atoms with Crippen LogP contribution in [0.2, 0.25) is 0 Å². The van der Waals surface area contributed by atoms with Gasteiger partial charge in [0.15, 0.2) is 0 Å². The molecule has 0 aliphatic carbocycles. The lowest BCUT2D eigenvalue weighted by Gasteiger charge is -2.18. The average molecular weight is 252 g/mol. The van der Waals surface area contributed by atoms with Crippen molar-refractivity contribution in [3.05, 3.63) is 27.9 Å². The van der Waals surface area contributed by atoms with Gasteiger partial charge in [0.25, 0.3) is 5.69 Å². The molecule has 0 fully saturated rings. The minimum absolute atomic E-state index is 0.0595. The first-order valence-electron chi connectivity index (χ1n) is 6.16. The maximum absolute atomic E-state index is 10.7. The summed E-state index contributed by atoms with van der Waals surface area (Å²) in [7, 11) is 0. The maximum Gasteiger partial charge on any atom is 0.290 e. The standard InChI is InChI=1S/C12H20N4O2/c1-4-15(5-2)9-8-13-12-7-6-11(16(17)18)10(3)14-12/h6-7H,4-5,8-9H2,1-3H3,(H,13,14). The Hall–Kier alpha value is -1.69. The highest BCUT2D eigenvalue weighted by Gasteiger charge is 2.11. The molecule has 0 saturated heterocycles. The normalized spacial score (nSPS) is 10.7. The lowest BCUT2D eigenvalue weighted by Crippen LogP contribution is -2.28. The molecule has 1 aromatic heterocycles. The van der Waals surface area contributed by atoms with Crippen LogP contribution in [0.5, 0.6) is 0 Å². The topological polar surface area (TPSA) is 71.3 Å². The van der Waals surface area contributed by atoms with Gasteiger partial charge in [0.1, 0.15) is 11.5 Å². The zero-order valence-electron chi connectivity index (χ0n) is 11.1. The molecule has 1 aromatic rings. The van der Waals surface area contributed by atoms with Gasteiger partial charge >= 0.3 is 0 Å². The molecule has 0 atom stereocenters. The number of hydrogen-bond acceptors (Lipinski definition) is 5. The molecule has 6 heteroatoms. The van der Waals surface area contributed by atoms with Crippen LogP contribution in [0.4, 0.5) is 11.5 Å². The van der Waals surface area contributed by atoms with Gasteiger partial charge in [-0.1, -0.05) is 13.8 Å². The van der Waals surface area contributed by atoms with Crippen molar-refractivity contribution in [3.63, 3.8) is 0 Å². The van der Waals surface area contributed by atoms with Crippen molar-refractivity contribution >= 4 is 11.5 Å². The minimum Gasteiger partial charge on any atom is -0.369 e. The summed E-state index contributed by atoms with van der Waals surface area (Å²) < 4.78 is 0. The molecule has 0 saturated carbocycles. The number of hydrogen-bond donors (Lipinski definition) is 1. The molecule has 6 nitrogen and oxygen atoms in total. The van der Waals surface area contributed by atoms with Crippen molar-refractivity contribution in [1.82, 2.24) is 9.88 Å². The van der Waals surface area contributed by atoms with Crippen LogP contribution < -0.4 is 5.32 Å². The highest BCUT2D eigenvalue weighted by atomic mass is 16.6. The highest BCUT2D eigenvalue weighted by molar-refractivity contribution is 5.44. The van der Waals surface area contributed by atoms with Gasteiger partial charge < -0.3 is 10.2 Å². The van der Waals surface area contributed by atoms with E-state index in [-0.39, 0.29) is 5.69 Å². The Morgan fingerprint density at radius 1 is 1.39 bits per heavy atom. The van der Waals surface area contributed by atoms with E-state index in [1.807, 2.05) is 0 Å². The monoisotopic (exact) mass is 252 g/mol. The Morgan fingerprint density at radius 3 is 2.56 bits per heavy atom. The van der Waals surface area contributed by atoms with Gasteiger partial charge in [0.2, 0.25) is 0 Å². The molecular formula is C12H20N4O2. The second-order valence-electron chi connectivity index (χ2n) is 4.01. The molecule has 0 bridgehead atoms. The molecule has 1 N–H and O–H groups in total. The van der Waals surface area contributed by atoms with Crippen LogP contribution in [-0.2, 0) is 0 Å². The summed E-state index contributed by atoms with van der Waals surface area (Å²) in [5, 5.41) is 13.8. The lowest BCUT2D eigenvalue weighted by molar-refractivity contribution is -0.385. The summed E-state index contributed by atoms with van der Waals surface area (Å²) >= 11 is 0. The Morgan fingerprint density at radius 2 is 2.06 bits per heavy atom. The third-order valence-corrected chi connectivity index (χ3v) is 2.88. The van der Waals surface area contributed by atoms with E-state index in [0.29, 0.717) is 11.5 Å². The first-order chi connectivity index (χ1) is 8.58. The van der Waals surface area contributed by atoms with Gasteiger partial charge in [-0.3, -0.25) is 10.1 Å². The molecule has 0 unspecified atom stereocenters. The number of nitrogens with one attached hydrogen (secondary N) is 1. The zero-order chi connectivity index (χ0) is 13.5. The molecule has 100 valence electrons. The largest absolute Gasteiger partial charge is 0.369 e. The van der Waals surface area contributed by atoms with E-state index in [0.717, 1.165) is 26.2 Å². The van der Waals surface area contributed by atoms with Crippen LogP contribution in [0.15, 0.2) is 12.1 Å². The Kier molecular flexibility index (Phi) is 5.51. The Balaban J connectivity index is 2.53. The number of likely N-dealkylation sites (N-methyl/N-ethyl adjacent to an activating group) is 1. The molecule has 0 radical (unpaired) electrons. The van der Waals surface area contributed by atoms with Gasteiger partial charge in [-0.05, 0) is 26.1 Å². The van der Waals surface area contributed by atoms with Crippen LogP contribution >= 0.6 is 0 Å². The fraction of sp³-hybridized carbons (Fsp3) is 0.583. The molecule has 0 aliphatic heterocycles. The molecule has 0 amide bonds. The Bertz CT molecular complexity index is 405. The highest BCUT2D eigenvalue weighted by Crippen LogP contribution is 2.17. The number of anilines is 1. The van der Waals surface area contributed by atoms with Crippen molar-refractivity contribution in [2.45, 2.75) is 20.8 Å². The first-order valence-corrected chi connectivity index (χ1v) is 6.16. The van der Waals surface area contributed by atoms with E-state index < -0.39 is 4.92 Å². The summed E-state index contributed by atoms with van der Waals surface area (Å²) in [6.07, 6.45) is 0. The van der Waals surface area contributed by atoms with Gasteiger partial charge in [0.05, 0.1) is 4.92 Å². The number of rotatable bonds is 7. The van der Waals surface area contributed by atoms with Crippen LogP contribution in [-0.4, -0.2) is 41.0 Å². The van der Waals surface area contributed by atoms with Crippen LogP contribution in [0.25, 0.3) is 0 Å². The predicted octanol–water partition coefficient (Wildman–Crippen LogP) is 2.05. The maximum atomic E-state index is 10.7. The molecule has 0 spiro atoms. The van der Waals surface area contributed by atoms with E-state index in [9.17, 15) is 10.1 Å². The van der Waals surface area contributed by atoms with Gasteiger partial charge in [0, 0.05) is 19.2 Å². The molecule has 0 aliphatic rings. The summed E-state index contributed by atoms with van der Waals surface area (Å²) in [5.74, 6) is 0.685. The number of nitrogens with zero attached hydrogens (tertiary/aromatic N) is 3. The third kappa shape index (κ3) is 3.96. The number of pyridine rings is 1. The number of aromatic nitrogens is 1. The fourth-order valence-electron chi connectivity index (χ4n) is 1.73. The van der Waals surface area contributed by atoms with Crippen molar-refractivity contribution in [2.24, 2.45) is 0 Å². The number of nitro groups is 1. The van der Waals surface area contributed by atoms with Crippen molar-refractivity contribution in [2.75, 3.05) is 31.5 Å². The molecular weight excluding hydrogens is 232 g/mol. The van der Waals surface area contributed by atoms with Gasteiger partial charge in [-0.2, -0.15) is 0 Å². The fourth-order valence-corrected chi connectivity index (χ4v) is 1.73. The number of aryl methyl sites for hydroxylation is 1. The quantitative estimate of drug-likeness (QED) is 0.594. The first kappa shape index (κ1) is 14.4. The van der Waals surface area contributed by atoms with Crippen molar-refractivity contribution in [3.8, 4) is 0 Å². The van der Waals surface area contributed by atoms with Crippen LogP contribution in [0, 0.1) is 17.0 Å².